The molecule has 0 radical (unpaired) electrons. The molecule has 8 nitrogen and oxygen atoms in total. The van der Waals surface area contributed by atoms with Crippen LogP contribution in [0, 0.1) is 0 Å². The topological polar surface area (TPSA) is 108 Å². The maximum absolute atomic E-state index is 12.8. The molecule has 0 aliphatic heterocycles. The van der Waals surface area contributed by atoms with Crippen molar-refractivity contribution >= 4 is 11.0 Å². The van der Waals surface area contributed by atoms with Crippen LogP contribution in [0.1, 0.15) is 0 Å². The molecule has 3 aromatic rings. The zero-order chi connectivity index (χ0) is 19.7. The monoisotopic (exact) mass is 374 g/mol. The number of fused-ring (bicyclic) bond motifs is 1. The van der Waals surface area contributed by atoms with E-state index >= 15 is 0 Å². The molecule has 8 heteroatoms. The van der Waals surface area contributed by atoms with Gasteiger partial charge in [0.05, 0.1) is 28.4 Å². The lowest BCUT2D eigenvalue weighted by Crippen LogP contribution is -2.06. The van der Waals surface area contributed by atoms with E-state index < -0.39 is 11.2 Å². The van der Waals surface area contributed by atoms with Crippen LogP contribution in [0.5, 0.6) is 34.5 Å². The van der Waals surface area contributed by atoms with Crippen LogP contribution in [-0.4, -0.2) is 38.7 Å². The van der Waals surface area contributed by atoms with Gasteiger partial charge in [-0.1, -0.05) is 0 Å². The Bertz CT molecular complexity index is 1070. The van der Waals surface area contributed by atoms with Crippen molar-refractivity contribution < 1.29 is 33.6 Å². The van der Waals surface area contributed by atoms with Crippen LogP contribution in [0.25, 0.3) is 22.3 Å². The van der Waals surface area contributed by atoms with E-state index in [1.54, 1.807) is 6.07 Å². The SMILES string of the molecule is COc1ccc(-c2oc3cc(OC)c(OC)c(OC)c3c(=O)c2O)cc1O. The van der Waals surface area contributed by atoms with Crippen LogP contribution < -0.4 is 24.4 Å². The standard InChI is InChI=1S/C19H18O8/c1-23-11-6-5-9(7-10(11)20)17-16(22)15(21)14-12(27-17)8-13(24-2)18(25-3)19(14)26-4/h5-8,20,22H,1-4H3. The quantitative estimate of drug-likeness (QED) is 0.702. The molecule has 1 heterocycles. The van der Waals surface area contributed by atoms with Crippen molar-refractivity contribution in [2.24, 2.45) is 0 Å². The maximum Gasteiger partial charge on any atom is 0.238 e. The third kappa shape index (κ3) is 2.84. The average molecular weight is 374 g/mol. The number of benzene rings is 2. The fraction of sp³-hybridized carbons (Fsp3) is 0.211. The summed E-state index contributed by atoms with van der Waals surface area (Å²) in [6, 6.07) is 5.81. The number of phenols is 1. The summed E-state index contributed by atoms with van der Waals surface area (Å²) in [4.78, 5) is 12.8. The number of methoxy groups -OCH3 is 4. The summed E-state index contributed by atoms with van der Waals surface area (Å²) in [6.45, 7) is 0. The van der Waals surface area contributed by atoms with Crippen molar-refractivity contribution in [3.8, 4) is 45.8 Å². The lowest BCUT2D eigenvalue weighted by atomic mass is 10.1. The van der Waals surface area contributed by atoms with Gasteiger partial charge in [0.2, 0.25) is 16.9 Å². The molecular weight excluding hydrogens is 356 g/mol. The molecule has 0 saturated carbocycles. The van der Waals surface area contributed by atoms with Crippen molar-refractivity contribution in [1.29, 1.82) is 0 Å². The third-order valence-electron chi connectivity index (χ3n) is 4.10. The van der Waals surface area contributed by atoms with E-state index in [1.165, 1.54) is 46.6 Å². The minimum atomic E-state index is -0.709. The van der Waals surface area contributed by atoms with Gasteiger partial charge in [-0.3, -0.25) is 4.79 Å². The van der Waals surface area contributed by atoms with Crippen LogP contribution in [0.4, 0.5) is 0 Å². The molecular formula is C19H18O8. The summed E-state index contributed by atoms with van der Waals surface area (Å²) >= 11 is 0. The molecule has 0 amide bonds. The molecule has 1 aromatic heterocycles. The van der Waals surface area contributed by atoms with E-state index in [0.717, 1.165) is 0 Å². The second-order valence-corrected chi connectivity index (χ2v) is 5.51. The summed E-state index contributed by atoms with van der Waals surface area (Å²) in [6.07, 6.45) is 0. The number of aromatic hydroxyl groups is 2. The van der Waals surface area contributed by atoms with Gasteiger partial charge in [-0.25, -0.2) is 0 Å². The Hall–Kier alpha value is -3.55. The Balaban J connectivity index is 2.36. The molecule has 0 bridgehead atoms. The van der Waals surface area contributed by atoms with E-state index in [4.69, 9.17) is 23.4 Å². The van der Waals surface area contributed by atoms with Crippen LogP contribution >= 0.6 is 0 Å². The fourth-order valence-electron chi connectivity index (χ4n) is 2.84. The van der Waals surface area contributed by atoms with E-state index in [0.29, 0.717) is 11.3 Å². The molecule has 0 unspecified atom stereocenters. The molecule has 0 aliphatic rings. The number of hydrogen-bond acceptors (Lipinski definition) is 8. The third-order valence-corrected chi connectivity index (χ3v) is 4.10. The van der Waals surface area contributed by atoms with Crippen LogP contribution in [0.15, 0.2) is 33.5 Å². The average Bonchev–Trinajstić information content (AvgIpc) is 2.68. The van der Waals surface area contributed by atoms with Crippen LogP contribution in [0.3, 0.4) is 0 Å². The maximum atomic E-state index is 12.8. The number of hydrogen-bond donors (Lipinski definition) is 2. The van der Waals surface area contributed by atoms with Crippen molar-refractivity contribution in [2.45, 2.75) is 0 Å². The van der Waals surface area contributed by atoms with Crippen molar-refractivity contribution in [1.82, 2.24) is 0 Å². The van der Waals surface area contributed by atoms with Gasteiger partial charge in [-0.2, -0.15) is 0 Å². The summed E-state index contributed by atoms with van der Waals surface area (Å²) in [5.41, 5.74) is -0.296. The highest BCUT2D eigenvalue weighted by Gasteiger charge is 2.24. The summed E-state index contributed by atoms with van der Waals surface area (Å²) < 4.78 is 26.6. The lowest BCUT2D eigenvalue weighted by molar-refractivity contribution is 0.326. The van der Waals surface area contributed by atoms with Gasteiger partial charge < -0.3 is 33.6 Å². The van der Waals surface area contributed by atoms with E-state index in [2.05, 4.69) is 0 Å². The Morgan fingerprint density at radius 3 is 2.07 bits per heavy atom. The summed E-state index contributed by atoms with van der Waals surface area (Å²) in [7, 11) is 5.61. The number of phenolic OH excluding ortho intramolecular Hbond substituents is 1. The van der Waals surface area contributed by atoms with E-state index in [-0.39, 0.29) is 39.7 Å². The second kappa shape index (κ2) is 6.99. The van der Waals surface area contributed by atoms with Crippen LogP contribution in [-0.2, 0) is 0 Å². The highest BCUT2D eigenvalue weighted by Crippen LogP contribution is 2.44. The Kier molecular flexibility index (Phi) is 4.72. The molecule has 0 aliphatic carbocycles. The van der Waals surface area contributed by atoms with Gasteiger partial charge in [0.25, 0.3) is 0 Å². The van der Waals surface area contributed by atoms with E-state index in [9.17, 15) is 15.0 Å². The normalized spacial score (nSPS) is 10.7. The smallest absolute Gasteiger partial charge is 0.238 e. The predicted molar refractivity (Wildman–Crippen MR) is 97.5 cm³/mol. The lowest BCUT2D eigenvalue weighted by Gasteiger charge is -2.15. The fourth-order valence-corrected chi connectivity index (χ4v) is 2.84. The first-order valence-corrected chi connectivity index (χ1v) is 7.82. The van der Waals surface area contributed by atoms with Crippen LogP contribution in [0.2, 0.25) is 0 Å². The molecule has 0 fully saturated rings. The zero-order valence-electron chi connectivity index (χ0n) is 15.2. The summed E-state index contributed by atoms with van der Waals surface area (Å²) in [5.74, 6) is -0.0814. The molecule has 27 heavy (non-hydrogen) atoms. The van der Waals surface area contributed by atoms with Gasteiger partial charge in [0, 0.05) is 11.6 Å². The highest BCUT2D eigenvalue weighted by molar-refractivity contribution is 5.91. The van der Waals surface area contributed by atoms with Gasteiger partial charge in [-0.05, 0) is 18.2 Å². The Morgan fingerprint density at radius 1 is 0.852 bits per heavy atom. The molecule has 0 atom stereocenters. The molecule has 0 spiro atoms. The van der Waals surface area contributed by atoms with Crippen molar-refractivity contribution in [2.75, 3.05) is 28.4 Å². The van der Waals surface area contributed by atoms with E-state index in [1.807, 2.05) is 0 Å². The highest BCUT2D eigenvalue weighted by atomic mass is 16.5. The zero-order valence-corrected chi connectivity index (χ0v) is 15.2. The van der Waals surface area contributed by atoms with Gasteiger partial charge in [0.15, 0.2) is 28.8 Å². The number of ether oxygens (including phenoxy) is 4. The number of rotatable bonds is 5. The molecule has 3 rings (SSSR count). The molecule has 2 aromatic carbocycles. The van der Waals surface area contributed by atoms with Gasteiger partial charge in [-0.15, -0.1) is 0 Å². The largest absolute Gasteiger partial charge is 0.504 e. The molecule has 2 N–H and O–H groups in total. The predicted octanol–water partition coefficient (Wildman–Crippen LogP) is 2.91. The minimum absolute atomic E-state index is 0.00846. The first kappa shape index (κ1) is 18.2. The molecule has 142 valence electrons. The Labute approximate surface area is 154 Å². The minimum Gasteiger partial charge on any atom is -0.504 e. The van der Waals surface area contributed by atoms with Crippen molar-refractivity contribution in [3.63, 3.8) is 0 Å². The second-order valence-electron chi connectivity index (χ2n) is 5.51. The van der Waals surface area contributed by atoms with Crippen molar-refractivity contribution in [3.05, 3.63) is 34.5 Å². The Morgan fingerprint density at radius 2 is 1.52 bits per heavy atom. The van der Waals surface area contributed by atoms with Gasteiger partial charge >= 0.3 is 0 Å². The molecule has 0 saturated heterocycles. The first-order valence-electron chi connectivity index (χ1n) is 7.82. The first-order chi connectivity index (χ1) is 13.0. The summed E-state index contributed by atoms with van der Waals surface area (Å²) in [5, 5.41) is 20.4. The van der Waals surface area contributed by atoms with Gasteiger partial charge in [0.1, 0.15) is 11.0 Å².